The highest BCUT2D eigenvalue weighted by Gasteiger charge is 2.40. The van der Waals surface area contributed by atoms with Gasteiger partial charge in [-0.3, -0.25) is 0 Å². The van der Waals surface area contributed by atoms with Gasteiger partial charge >= 0.3 is 0 Å². The molecular formula is C11H20O2. The second-order valence-corrected chi connectivity index (χ2v) is 4.58. The smallest absolute Gasteiger partial charge is 0.168 e. The first kappa shape index (κ1) is 9.47. The molecule has 1 heterocycles. The van der Waals surface area contributed by atoms with Crippen LogP contribution in [0.2, 0.25) is 0 Å². The monoisotopic (exact) mass is 184 g/mol. The van der Waals surface area contributed by atoms with Gasteiger partial charge in [-0.15, -0.1) is 0 Å². The highest BCUT2D eigenvalue weighted by atomic mass is 16.7. The molecule has 2 nitrogen and oxygen atoms in total. The van der Waals surface area contributed by atoms with Crippen LogP contribution in [0.5, 0.6) is 0 Å². The molecule has 13 heavy (non-hydrogen) atoms. The van der Waals surface area contributed by atoms with Gasteiger partial charge in [0.25, 0.3) is 0 Å². The number of hydrogen-bond acceptors (Lipinski definition) is 2. The molecule has 0 N–H and O–H groups in total. The average Bonchev–Trinajstić information content (AvgIpc) is 2.14. The van der Waals surface area contributed by atoms with Crippen molar-refractivity contribution in [1.82, 2.24) is 0 Å². The van der Waals surface area contributed by atoms with Gasteiger partial charge in [0, 0.05) is 18.8 Å². The Hall–Kier alpha value is -0.0800. The summed E-state index contributed by atoms with van der Waals surface area (Å²) in [4.78, 5) is 0. The lowest BCUT2D eigenvalue weighted by Gasteiger charge is -2.45. The lowest BCUT2D eigenvalue weighted by Crippen LogP contribution is -2.48. The van der Waals surface area contributed by atoms with Crippen LogP contribution in [-0.2, 0) is 9.47 Å². The van der Waals surface area contributed by atoms with Crippen LogP contribution in [0.3, 0.4) is 0 Å². The molecule has 0 radical (unpaired) electrons. The predicted octanol–water partition coefficient (Wildman–Crippen LogP) is 2.72. The van der Waals surface area contributed by atoms with E-state index in [1.54, 1.807) is 0 Å². The van der Waals surface area contributed by atoms with E-state index in [-0.39, 0.29) is 5.79 Å². The lowest BCUT2D eigenvalue weighted by atomic mass is 9.92. The molecule has 1 aliphatic heterocycles. The molecule has 2 rings (SSSR count). The Morgan fingerprint density at radius 2 is 1.77 bits per heavy atom. The molecule has 1 aliphatic carbocycles. The molecule has 0 aromatic carbocycles. The van der Waals surface area contributed by atoms with E-state index >= 15 is 0 Å². The molecule has 76 valence electrons. The molecule has 2 atom stereocenters. The standard InChI is InChI=1S/C11H20O2/c1-9-8-12-11(13-10(9)2)6-4-3-5-7-11/h9-10H,3-8H2,1-2H3. The minimum Gasteiger partial charge on any atom is -0.350 e. The van der Waals surface area contributed by atoms with Gasteiger partial charge < -0.3 is 9.47 Å². The van der Waals surface area contributed by atoms with Gasteiger partial charge in [0.05, 0.1) is 12.7 Å². The molecule has 0 amide bonds. The van der Waals surface area contributed by atoms with E-state index in [4.69, 9.17) is 9.47 Å². The summed E-state index contributed by atoms with van der Waals surface area (Å²) in [5.74, 6) is 0.358. The summed E-state index contributed by atoms with van der Waals surface area (Å²) >= 11 is 0. The van der Waals surface area contributed by atoms with E-state index in [2.05, 4.69) is 13.8 Å². The zero-order valence-electron chi connectivity index (χ0n) is 8.71. The maximum Gasteiger partial charge on any atom is 0.168 e. The summed E-state index contributed by atoms with van der Waals surface area (Å²) in [6.07, 6.45) is 6.45. The first-order valence-corrected chi connectivity index (χ1v) is 5.54. The van der Waals surface area contributed by atoms with Crippen LogP contribution in [0.15, 0.2) is 0 Å². The Morgan fingerprint density at radius 3 is 2.38 bits per heavy atom. The molecule has 0 aromatic rings. The Balaban J connectivity index is 1.99. The molecule has 0 bridgehead atoms. The summed E-state index contributed by atoms with van der Waals surface area (Å²) in [5, 5.41) is 0. The third kappa shape index (κ3) is 1.89. The van der Waals surface area contributed by atoms with Gasteiger partial charge in [0.1, 0.15) is 0 Å². The zero-order chi connectivity index (χ0) is 9.31. The molecule has 1 spiro atoms. The van der Waals surface area contributed by atoms with Crippen molar-refractivity contribution in [2.24, 2.45) is 5.92 Å². The van der Waals surface area contributed by atoms with Crippen LogP contribution < -0.4 is 0 Å². The summed E-state index contributed by atoms with van der Waals surface area (Å²) in [6, 6.07) is 0. The van der Waals surface area contributed by atoms with E-state index in [1.165, 1.54) is 19.3 Å². The first-order chi connectivity index (χ1) is 6.22. The molecule has 2 fully saturated rings. The topological polar surface area (TPSA) is 18.5 Å². The van der Waals surface area contributed by atoms with Gasteiger partial charge in [-0.1, -0.05) is 13.3 Å². The van der Waals surface area contributed by atoms with Crippen LogP contribution in [0.25, 0.3) is 0 Å². The van der Waals surface area contributed by atoms with Crippen LogP contribution in [0, 0.1) is 5.92 Å². The minimum atomic E-state index is -0.190. The maximum atomic E-state index is 6.00. The second kappa shape index (κ2) is 3.58. The summed E-state index contributed by atoms with van der Waals surface area (Å²) in [7, 11) is 0. The van der Waals surface area contributed by atoms with Crippen molar-refractivity contribution in [1.29, 1.82) is 0 Å². The Labute approximate surface area is 80.6 Å². The third-order valence-electron chi connectivity index (χ3n) is 3.43. The van der Waals surface area contributed by atoms with E-state index in [0.29, 0.717) is 12.0 Å². The van der Waals surface area contributed by atoms with E-state index in [9.17, 15) is 0 Å². The van der Waals surface area contributed by atoms with Crippen molar-refractivity contribution in [3.63, 3.8) is 0 Å². The molecule has 1 saturated carbocycles. The van der Waals surface area contributed by atoms with Gasteiger partial charge in [-0.05, 0) is 19.8 Å². The summed E-state index contributed by atoms with van der Waals surface area (Å²) in [5.41, 5.74) is 0. The third-order valence-corrected chi connectivity index (χ3v) is 3.43. The van der Waals surface area contributed by atoms with Crippen molar-refractivity contribution in [2.45, 2.75) is 57.8 Å². The maximum absolute atomic E-state index is 6.00. The summed E-state index contributed by atoms with van der Waals surface area (Å²) in [6.45, 7) is 5.24. The molecule has 1 saturated heterocycles. The van der Waals surface area contributed by atoms with Gasteiger partial charge in [-0.25, -0.2) is 0 Å². The van der Waals surface area contributed by atoms with Crippen LogP contribution in [-0.4, -0.2) is 18.5 Å². The van der Waals surface area contributed by atoms with Crippen molar-refractivity contribution in [3.05, 3.63) is 0 Å². The quantitative estimate of drug-likeness (QED) is 0.576. The van der Waals surface area contributed by atoms with Crippen LogP contribution >= 0.6 is 0 Å². The predicted molar refractivity (Wildman–Crippen MR) is 51.5 cm³/mol. The molecule has 2 unspecified atom stereocenters. The van der Waals surface area contributed by atoms with Gasteiger partial charge in [0.15, 0.2) is 5.79 Å². The average molecular weight is 184 g/mol. The largest absolute Gasteiger partial charge is 0.350 e. The van der Waals surface area contributed by atoms with Gasteiger partial charge in [-0.2, -0.15) is 0 Å². The molecule has 0 aromatic heterocycles. The van der Waals surface area contributed by atoms with E-state index in [0.717, 1.165) is 19.4 Å². The van der Waals surface area contributed by atoms with Crippen molar-refractivity contribution >= 4 is 0 Å². The lowest BCUT2D eigenvalue weighted by molar-refractivity contribution is -0.316. The Bertz CT molecular complexity index is 173. The van der Waals surface area contributed by atoms with Crippen molar-refractivity contribution < 1.29 is 9.47 Å². The highest BCUT2D eigenvalue weighted by molar-refractivity contribution is 4.81. The first-order valence-electron chi connectivity index (χ1n) is 5.54. The van der Waals surface area contributed by atoms with E-state index < -0.39 is 0 Å². The zero-order valence-corrected chi connectivity index (χ0v) is 8.71. The van der Waals surface area contributed by atoms with Crippen LogP contribution in [0.1, 0.15) is 46.0 Å². The number of ether oxygens (including phenoxy) is 2. The summed E-state index contributed by atoms with van der Waals surface area (Å²) < 4.78 is 11.9. The normalized spacial score (nSPS) is 39.2. The molecular weight excluding hydrogens is 164 g/mol. The second-order valence-electron chi connectivity index (χ2n) is 4.58. The SMILES string of the molecule is CC1COC2(CCCCC2)OC1C. The highest BCUT2D eigenvalue weighted by Crippen LogP contribution is 2.38. The fourth-order valence-corrected chi connectivity index (χ4v) is 2.26. The van der Waals surface area contributed by atoms with Crippen molar-refractivity contribution in [2.75, 3.05) is 6.61 Å². The Kier molecular flexibility index (Phi) is 2.61. The number of rotatable bonds is 0. The Morgan fingerprint density at radius 1 is 1.08 bits per heavy atom. The molecule has 2 heteroatoms. The fourth-order valence-electron chi connectivity index (χ4n) is 2.26. The fraction of sp³-hybridized carbons (Fsp3) is 1.00. The minimum absolute atomic E-state index is 0.190. The van der Waals surface area contributed by atoms with E-state index in [1.807, 2.05) is 0 Å². The molecule has 2 aliphatic rings. The number of hydrogen-bond donors (Lipinski definition) is 0. The van der Waals surface area contributed by atoms with Crippen LogP contribution in [0.4, 0.5) is 0 Å². The van der Waals surface area contributed by atoms with Gasteiger partial charge in [0.2, 0.25) is 0 Å². The van der Waals surface area contributed by atoms with Crippen molar-refractivity contribution in [3.8, 4) is 0 Å².